The van der Waals surface area contributed by atoms with Gasteiger partial charge in [-0.15, -0.1) is 0 Å². The minimum atomic E-state index is -0.484. The normalized spacial score (nSPS) is 9.52. The van der Waals surface area contributed by atoms with Crippen molar-refractivity contribution in [1.82, 2.24) is 0 Å². The van der Waals surface area contributed by atoms with Gasteiger partial charge in [-0.05, 0) is 12.1 Å². The maximum Gasteiger partial charge on any atom is 0.338 e. The Bertz CT molecular complexity index is 514. The van der Waals surface area contributed by atoms with Crippen LogP contribution in [-0.4, -0.2) is 46.4 Å². The number of benzene rings is 1. The fourth-order valence-corrected chi connectivity index (χ4v) is 1.79. The van der Waals surface area contributed by atoms with Crippen molar-refractivity contribution >= 4 is 11.9 Å². The fraction of sp³-hybridized carbons (Fsp3) is 0.429. The molecule has 8 nitrogen and oxygen atoms in total. The molecule has 0 aromatic heterocycles. The molecule has 0 saturated heterocycles. The van der Waals surface area contributed by atoms with Gasteiger partial charge in [0.25, 0.3) is 5.96 Å². The molecular formula is C14H22ClN3O5. The molecule has 0 atom stereocenters. The molecule has 0 aliphatic rings. The lowest BCUT2D eigenvalue weighted by Crippen LogP contribution is -3.00. The molecule has 0 amide bonds. The fourth-order valence-electron chi connectivity index (χ4n) is 1.79. The second kappa shape index (κ2) is 10.5. The number of halogens is 1. The van der Waals surface area contributed by atoms with E-state index < -0.39 is 5.97 Å². The SMILES string of the molecule is COc1cc(C(=O)OCCC[NH2+]C(=N)N)cc(OC)c1OC.[Cl-]. The van der Waals surface area contributed by atoms with Gasteiger partial charge in [0.15, 0.2) is 11.5 Å². The van der Waals surface area contributed by atoms with Crippen molar-refractivity contribution in [3.63, 3.8) is 0 Å². The van der Waals surface area contributed by atoms with Crippen LogP contribution in [0.5, 0.6) is 17.2 Å². The number of esters is 1. The first-order valence-electron chi connectivity index (χ1n) is 6.67. The van der Waals surface area contributed by atoms with Gasteiger partial charge in [-0.3, -0.25) is 5.32 Å². The summed E-state index contributed by atoms with van der Waals surface area (Å²) in [5.41, 5.74) is 5.51. The molecule has 130 valence electrons. The lowest BCUT2D eigenvalue weighted by atomic mass is 10.2. The van der Waals surface area contributed by atoms with Crippen molar-refractivity contribution in [1.29, 1.82) is 5.41 Å². The third-order valence-electron chi connectivity index (χ3n) is 2.85. The van der Waals surface area contributed by atoms with Gasteiger partial charge >= 0.3 is 5.97 Å². The van der Waals surface area contributed by atoms with E-state index in [-0.39, 0.29) is 25.0 Å². The predicted octanol–water partition coefficient (Wildman–Crippen LogP) is -3.28. The van der Waals surface area contributed by atoms with Gasteiger partial charge < -0.3 is 37.1 Å². The van der Waals surface area contributed by atoms with Gasteiger partial charge in [0.1, 0.15) is 0 Å². The van der Waals surface area contributed by atoms with Gasteiger partial charge in [0, 0.05) is 6.42 Å². The average molecular weight is 348 g/mol. The number of nitrogens with two attached hydrogens (primary N) is 2. The van der Waals surface area contributed by atoms with Crippen LogP contribution in [0.25, 0.3) is 0 Å². The molecule has 0 spiro atoms. The highest BCUT2D eigenvalue weighted by Crippen LogP contribution is 2.38. The van der Waals surface area contributed by atoms with Gasteiger partial charge in [0.2, 0.25) is 5.75 Å². The van der Waals surface area contributed by atoms with E-state index in [4.69, 9.17) is 30.1 Å². The highest BCUT2D eigenvalue weighted by Gasteiger charge is 2.17. The van der Waals surface area contributed by atoms with E-state index in [0.717, 1.165) is 0 Å². The summed E-state index contributed by atoms with van der Waals surface area (Å²) in [5, 5.41) is 8.61. The van der Waals surface area contributed by atoms with E-state index in [1.54, 1.807) is 5.32 Å². The van der Waals surface area contributed by atoms with E-state index in [2.05, 4.69) is 0 Å². The minimum absolute atomic E-state index is 0. The summed E-state index contributed by atoms with van der Waals surface area (Å²) in [7, 11) is 4.44. The third-order valence-corrected chi connectivity index (χ3v) is 2.85. The Labute approximate surface area is 141 Å². The number of methoxy groups -OCH3 is 3. The number of nitrogens with one attached hydrogen (secondary N) is 1. The van der Waals surface area contributed by atoms with Crippen molar-refractivity contribution < 1.29 is 41.5 Å². The molecule has 9 heteroatoms. The lowest BCUT2D eigenvalue weighted by Gasteiger charge is -2.13. The summed E-state index contributed by atoms with van der Waals surface area (Å²) in [4.78, 5) is 12.0. The smallest absolute Gasteiger partial charge is 0.338 e. The number of rotatable bonds is 8. The number of ether oxygens (including phenoxy) is 4. The van der Waals surface area contributed by atoms with Gasteiger partial charge in [0.05, 0.1) is 40.0 Å². The molecule has 5 N–H and O–H groups in total. The Hall–Kier alpha value is -2.19. The Morgan fingerprint density at radius 1 is 1.17 bits per heavy atom. The molecule has 0 bridgehead atoms. The van der Waals surface area contributed by atoms with Crippen LogP contribution in [0.4, 0.5) is 0 Å². The zero-order chi connectivity index (χ0) is 16.5. The summed E-state index contributed by atoms with van der Waals surface area (Å²) in [6.07, 6.45) is 0.593. The highest BCUT2D eigenvalue weighted by atomic mass is 35.5. The van der Waals surface area contributed by atoms with Crippen LogP contribution in [0.1, 0.15) is 16.8 Å². The maximum absolute atomic E-state index is 12.0. The van der Waals surface area contributed by atoms with Gasteiger partial charge in [-0.1, -0.05) is 0 Å². The zero-order valence-corrected chi connectivity index (χ0v) is 14.1. The van der Waals surface area contributed by atoms with Crippen LogP contribution in [-0.2, 0) is 4.74 Å². The summed E-state index contributed by atoms with van der Waals surface area (Å²) < 4.78 is 20.7. The van der Waals surface area contributed by atoms with Gasteiger partial charge in [-0.25, -0.2) is 10.2 Å². The van der Waals surface area contributed by atoms with E-state index in [1.165, 1.54) is 33.5 Å². The van der Waals surface area contributed by atoms with E-state index in [0.29, 0.717) is 35.8 Å². The van der Waals surface area contributed by atoms with Crippen molar-refractivity contribution in [3.05, 3.63) is 17.7 Å². The van der Waals surface area contributed by atoms with Crippen LogP contribution in [0, 0.1) is 5.41 Å². The maximum atomic E-state index is 12.0. The van der Waals surface area contributed by atoms with E-state index in [1.807, 2.05) is 0 Å². The Balaban J connectivity index is 0.00000484. The first kappa shape index (κ1) is 20.8. The van der Waals surface area contributed by atoms with E-state index in [9.17, 15) is 4.79 Å². The lowest BCUT2D eigenvalue weighted by molar-refractivity contribution is -0.543. The summed E-state index contributed by atoms with van der Waals surface area (Å²) in [6.45, 7) is 0.817. The molecule has 23 heavy (non-hydrogen) atoms. The zero-order valence-electron chi connectivity index (χ0n) is 13.3. The summed E-state index contributed by atoms with van der Waals surface area (Å²) >= 11 is 0. The average Bonchev–Trinajstić information content (AvgIpc) is 2.52. The molecule has 0 saturated carbocycles. The van der Waals surface area contributed by atoms with Crippen LogP contribution < -0.4 is 37.7 Å². The number of carbonyl (C=O) groups is 1. The van der Waals surface area contributed by atoms with Crippen LogP contribution in [0.3, 0.4) is 0 Å². The number of carbonyl (C=O) groups excluding carboxylic acids is 1. The number of hydrogen-bond acceptors (Lipinski definition) is 6. The van der Waals surface area contributed by atoms with Crippen LogP contribution >= 0.6 is 0 Å². The van der Waals surface area contributed by atoms with Crippen molar-refractivity contribution in [3.8, 4) is 17.2 Å². The second-order valence-electron chi connectivity index (χ2n) is 4.35. The molecule has 1 aromatic rings. The second-order valence-corrected chi connectivity index (χ2v) is 4.35. The topological polar surface area (TPSA) is 120 Å². The molecule has 0 aliphatic heterocycles. The first-order valence-corrected chi connectivity index (χ1v) is 6.67. The minimum Gasteiger partial charge on any atom is -1.00 e. The Kier molecular flexibility index (Phi) is 9.52. The Morgan fingerprint density at radius 2 is 1.74 bits per heavy atom. The van der Waals surface area contributed by atoms with Crippen molar-refractivity contribution in [2.75, 3.05) is 34.5 Å². The van der Waals surface area contributed by atoms with Crippen molar-refractivity contribution in [2.45, 2.75) is 6.42 Å². The third kappa shape index (κ3) is 6.21. The van der Waals surface area contributed by atoms with Gasteiger partial charge in [-0.2, -0.15) is 0 Å². The highest BCUT2D eigenvalue weighted by molar-refractivity contribution is 5.91. The molecule has 0 radical (unpaired) electrons. The molecule has 1 rings (SSSR count). The summed E-state index contributed by atoms with van der Waals surface area (Å²) in [5.74, 6) is 0.716. The molecular weight excluding hydrogens is 326 g/mol. The number of quaternary nitrogens is 1. The molecule has 0 aliphatic carbocycles. The quantitative estimate of drug-likeness (QED) is 0.196. The van der Waals surface area contributed by atoms with Crippen LogP contribution in [0.2, 0.25) is 0 Å². The summed E-state index contributed by atoms with van der Waals surface area (Å²) in [6, 6.07) is 3.07. The number of hydrogen-bond donors (Lipinski definition) is 3. The molecule has 0 unspecified atom stereocenters. The van der Waals surface area contributed by atoms with E-state index >= 15 is 0 Å². The Morgan fingerprint density at radius 3 is 2.17 bits per heavy atom. The first-order chi connectivity index (χ1) is 10.5. The molecule has 1 aromatic carbocycles. The molecule has 0 heterocycles. The van der Waals surface area contributed by atoms with Crippen LogP contribution in [0.15, 0.2) is 12.1 Å². The van der Waals surface area contributed by atoms with Crippen molar-refractivity contribution in [2.24, 2.45) is 5.73 Å². The molecule has 0 fully saturated rings. The standard InChI is InChI=1S/C14H21N3O5.ClH/c1-19-10-7-9(8-11(20-2)12(10)21-3)13(18)22-6-4-5-17-14(15)16;/h7-8H,4-6H2,1-3H3,(H4,15,16,17);1H. The predicted molar refractivity (Wildman–Crippen MR) is 79.7 cm³/mol. The largest absolute Gasteiger partial charge is 1.00 e. The number of guanidine groups is 1. The monoisotopic (exact) mass is 347 g/mol.